The maximum Gasteiger partial charge on any atom is 0.167 e. The molecule has 0 aliphatic carbocycles. The minimum atomic E-state index is -0.497. The Morgan fingerprint density at radius 1 is 1.38 bits per heavy atom. The summed E-state index contributed by atoms with van der Waals surface area (Å²) >= 11 is 0. The standard InChI is InChI=1S/C12H16O4/c1-7(13)11-6-8-9(16-11)4-5-10(14-2)12(8)15-3/h4-5,7,11,13H,6H2,1-3H3. The van der Waals surface area contributed by atoms with Crippen molar-refractivity contribution in [3.8, 4) is 17.2 Å². The average Bonchev–Trinajstić information content (AvgIpc) is 2.71. The lowest BCUT2D eigenvalue weighted by Gasteiger charge is -2.12. The summed E-state index contributed by atoms with van der Waals surface area (Å²) < 4.78 is 16.2. The molecule has 1 heterocycles. The first kappa shape index (κ1) is 11.1. The summed E-state index contributed by atoms with van der Waals surface area (Å²) in [6, 6.07) is 3.65. The molecule has 1 aliphatic heterocycles. The first-order valence-corrected chi connectivity index (χ1v) is 5.26. The maximum absolute atomic E-state index is 9.52. The SMILES string of the molecule is COc1ccc2c(c1OC)CC(C(C)O)O2. The number of ether oxygens (including phenoxy) is 3. The van der Waals surface area contributed by atoms with Crippen LogP contribution in [0.3, 0.4) is 0 Å². The van der Waals surface area contributed by atoms with Gasteiger partial charge in [0.1, 0.15) is 11.9 Å². The van der Waals surface area contributed by atoms with Crippen LogP contribution in [0.4, 0.5) is 0 Å². The second-order valence-electron chi connectivity index (χ2n) is 3.88. The molecule has 0 bridgehead atoms. The molecule has 1 aliphatic rings. The third-order valence-corrected chi connectivity index (χ3v) is 2.83. The van der Waals surface area contributed by atoms with Crippen molar-refractivity contribution in [1.82, 2.24) is 0 Å². The second kappa shape index (κ2) is 4.22. The zero-order valence-corrected chi connectivity index (χ0v) is 9.69. The molecule has 0 saturated heterocycles. The summed E-state index contributed by atoms with van der Waals surface area (Å²) in [5, 5.41) is 9.52. The largest absolute Gasteiger partial charge is 0.493 e. The van der Waals surface area contributed by atoms with Crippen molar-refractivity contribution < 1.29 is 19.3 Å². The number of fused-ring (bicyclic) bond motifs is 1. The van der Waals surface area contributed by atoms with Crippen molar-refractivity contribution >= 4 is 0 Å². The fraction of sp³-hybridized carbons (Fsp3) is 0.500. The Kier molecular flexibility index (Phi) is 2.92. The first-order chi connectivity index (χ1) is 7.67. The van der Waals surface area contributed by atoms with Crippen LogP contribution in [0.1, 0.15) is 12.5 Å². The molecule has 0 amide bonds. The van der Waals surface area contributed by atoms with E-state index in [4.69, 9.17) is 14.2 Å². The van der Waals surface area contributed by atoms with Crippen molar-refractivity contribution in [2.24, 2.45) is 0 Å². The van der Waals surface area contributed by atoms with Crippen LogP contribution < -0.4 is 14.2 Å². The van der Waals surface area contributed by atoms with Gasteiger partial charge in [-0.05, 0) is 19.1 Å². The molecule has 0 spiro atoms. The van der Waals surface area contributed by atoms with Gasteiger partial charge in [-0.3, -0.25) is 0 Å². The van der Waals surface area contributed by atoms with E-state index in [2.05, 4.69) is 0 Å². The number of benzene rings is 1. The third kappa shape index (κ3) is 1.69. The molecule has 4 heteroatoms. The van der Waals surface area contributed by atoms with Gasteiger partial charge in [0, 0.05) is 12.0 Å². The van der Waals surface area contributed by atoms with Crippen LogP contribution in [0, 0.1) is 0 Å². The second-order valence-corrected chi connectivity index (χ2v) is 3.88. The molecule has 88 valence electrons. The fourth-order valence-electron chi connectivity index (χ4n) is 1.95. The molecule has 1 aromatic rings. The van der Waals surface area contributed by atoms with E-state index in [1.165, 1.54) is 0 Å². The van der Waals surface area contributed by atoms with Gasteiger partial charge >= 0.3 is 0 Å². The van der Waals surface area contributed by atoms with Crippen LogP contribution in [-0.4, -0.2) is 31.5 Å². The minimum Gasteiger partial charge on any atom is -0.493 e. The van der Waals surface area contributed by atoms with E-state index in [-0.39, 0.29) is 6.10 Å². The summed E-state index contributed by atoms with van der Waals surface area (Å²) in [6.45, 7) is 1.72. The molecular formula is C12H16O4. The molecule has 2 rings (SSSR count). The van der Waals surface area contributed by atoms with Crippen molar-refractivity contribution in [3.63, 3.8) is 0 Å². The lowest BCUT2D eigenvalue weighted by atomic mass is 10.1. The van der Waals surface area contributed by atoms with Crippen LogP contribution in [0.2, 0.25) is 0 Å². The summed E-state index contributed by atoms with van der Waals surface area (Å²) in [4.78, 5) is 0. The molecule has 16 heavy (non-hydrogen) atoms. The number of methoxy groups -OCH3 is 2. The zero-order valence-electron chi connectivity index (χ0n) is 9.69. The molecule has 0 saturated carbocycles. The predicted octanol–water partition coefficient (Wildman–Crippen LogP) is 1.39. The van der Waals surface area contributed by atoms with Crippen molar-refractivity contribution in [3.05, 3.63) is 17.7 Å². The molecule has 0 fully saturated rings. The van der Waals surface area contributed by atoms with Crippen LogP contribution >= 0.6 is 0 Å². The Bertz CT molecular complexity index is 387. The van der Waals surface area contributed by atoms with E-state index in [1.807, 2.05) is 12.1 Å². The minimum absolute atomic E-state index is 0.198. The lowest BCUT2D eigenvalue weighted by molar-refractivity contribution is 0.0632. The lowest BCUT2D eigenvalue weighted by Crippen LogP contribution is -2.26. The molecule has 1 N–H and O–H groups in total. The van der Waals surface area contributed by atoms with Gasteiger partial charge in [0.05, 0.1) is 20.3 Å². The van der Waals surface area contributed by atoms with Gasteiger partial charge in [-0.2, -0.15) is 0 Å². The van der Waals surface area contributed by atoms with Gasteiger partial charge in [-0.15, -0.1) is 0 Å². The first-order valence-electron chi connectivity index (χ1n) is 5.26. The summed E-state index contributed by atoms with van der Waals surface area (Å²) in [5.41, 5.74) is 0.966. The van der Waals surface area contributed by atoms with Gasteiger partial charge < -0.3 is 19.3 Å². The van der Waals surface area contributed by atoms with E-state index >= 15 is 0 Å². The van der Waals surface area contributed by atoms with Crippen LogP contribution in [0.25, 0.3) is 0 Å². The van der Waals surface area contributed by atoms with Crippen molar-refractivity contribution in [2.75, 3.05) is 14.2 Å². The number of aliphatic hydroxyl groups excluding tert-OH is 1. The smallest absolute Gasteiger partial charge is 0.167 e. The fourth-order valence-corrected chi connectivity index (χ4v) is 1.95. The molecule has 0 radical (unpaired) electrons. The molecule has 4 nitrogen and oxygen atoms in total. The van der Waals surface area contributed by atoms with Crippen molar-refractivity contribution in [1.29, 1.82) is 0 Å². The monoisotopic (exact) mass is 224 g/mol. The molecule has 1 aromatic carbocycles. The Labute approximate surface area is 94.8 Å². The van der Waals surface area contributed by atoms with Crippen LogP contribution in [0.15, 0.2) is 12.1 Å². The number of aliphatic hydroxyl groups is 1. The third-order valence-electron chi connectivity index (χ3n) is 2.83. The highest BCUT2D eigenvalue weighted by molar-refractivity contribution is 5.55. The zero-order chi connectivity index (χ0) is 11.7. The van der Waals surface area contributed by atoms with E-state index in [0.29, 0.717) is 17.9 Å². The Balaban J connectivity index is 2.38. The topological polar surface area (TPSA) is 47.9 Å². The molecule has 2 unspecified atom stereocenters. The van der Waals surface area contributed by atoms with Gasteiger partial charge in [0.25, 0.3) is 0 Å². The van der Waals surface area contributed by atoms with E-state index in [1.54, 1.807) is 21.1 Å². The maximum atomic E-state index is 9.52. The average molecular weight is 224 g/mol. The van der Waals surface area contributed by atoms with Gasteiger partial charge in [0.2, 0.25) is 0 Å². The van der Waals surface area contributed by atoms with Crippen LogP contribution in [-0.2, 0) is 6.42 Å². The van der Waals surface area contributed by atoms with E-state index in [9.17, 15) is 5.11 Å². The molecular weight excluding hydrogens is 208 g/mol. The number of hydrogen-bond donors (Lipinski definition) is 1. The summed E-state index contributed by atoms with van der Waals surface area (Å²) in [6.07, 6.45) is -0.0491. The van der Waals surface area contributed by atoms with Gasteiger partial charge in [-0.25, -0.2) is 0 Å². The molecule has 0 aromatic heterocycles. The highest BCUT2D eigenvalue weighted by atomic mass is 16.5. The quantitative estimate of drug-likeness (QED) is 0.842. The highest BCUT2D eigenvalue weighted by Crippen LogP contribution is 2.42. The summed E-state index contributed by atoms with van der Waals surface area (Å²) in [7, 11) is 3.21. The van der Waals surface area contributed by atoms with Crippen LogP contribution in [0.5, 0.6) is 17.2 Å². The van der Waals surface area contributed by atoms with Gasteiger partial charge in [-0.1, -0.05) is 0 Å². The Morgan fingerprint density at radius 2 is 2.12 bits per heavy atom. The number of rotatable bonds is 3. The van der Waals surface area contributed by atoms with Crippen molar-refractivity contribution in [2.45, 2.75) is 25.6 Å². The summed E-state index contributed by atoms with van der Waals surface area (Å²) in [5.74, 6) is 2.16. The van der Waals surface area contributed by atoms with Gasteiger partial charge in [0.15, 0.2) is 11.5 Å². The Hall–Kier alpha value is -1.42. The van der Waals surface area contributed by atoms with E-state index in [0.717, 1.165) is 11.3 Å². The highest BCUT2D eigenvalue weighted by Gasteiger charge is 2.30. The number of hydrogen-bond acceptors (Lipinski definition) is 4. The van der Waals surface area contributed by atoms with E-state index < -0.39 is 6.10 Å². The predicted molar refractivity (Wildman–Crippen MR) is 59.3 cm³/mol. The molecule has 2 atom stereocenters. The Morgan fingerprint density at radius 3 is 2.69 bits per heavy atom. The normalized spacial score (nSPS) is 19.9.